The van der Waals surface area contributed by atoms with Crippen LogP contribution in [0.5, 0.6) is 5.88 Å². The normalized spacial score (nSPS) is 11.7. The van der Waals surface area contributed by atoms with Gasteiger partial charge in [-0.15, -0.1) is 0 Å². The number of rotatable bonds is 7. The molecule has 3 aromatic rings. The second-order valence-corrected chi connectivity index (χ2v) is 6.37. The van der Waals surface area contributed by atoms with Crippen molar-refractivity contribution < 1.29 is 13.9 Å². The smallest absolute Gasteiger partial charge is 0.256 e. The van der Waals surface area contributed by atoms with Gasteiger partial charge in [0, 0.05) is 18.9 Å². The molecule has 8 nitrogen and oxygen atoms in total. The Bertz CT molecular complexity index is 968. The van der Waals surface area contributed by atoms with Crippen LogP contribution >= 0.6 is 0 Å². The highest BCUT2D eigenvalue weighted by Crippen LogP contribution is 2.21. The number of carbonyl (C=O) groups is 1. The number of likely N-dealkylation sites (N-methyl/N-ethyl adjacent to an activating group) is 1. The van der Waals surface area contributed by atoms with Crippen molar-refractivity contribution >= 4 is 5.91 Å². The number of ether oxygens (including phenoxy) is 1. The van der Waals surface area contributed by atoms with E-state index in [-0.39, 0.29) is 35.6 Å². The van der Waals surface area contributed by atoms with Gasteiger partial charge in [-0.1, -0.05) is 0 Å². The lowest BCUT2D eigenvalue weighted by Gasteiger charge is -2.28. The molecule has 0 unspecified atom stereocenters. The molecule has 0 radical (unpaired) electrons. The van der Waals surface area contributed by atoms with Crippen LogP contribution < -0.4 is 4.74 Å². The number of halogens is 1. The van der Waals surface area contributed by atoms with Crippen molar-refractivity contribution in [2.75, 3.05) is 13.2 Å². The Hall–Kier alpha value is -3.49. The molecule has 150 valence electrons. The first-order valence-corrected chi connectivity index (χ1v) is 9.15. The van der Waals surface area contributed by atoms with Crippen LogP contribution in [0, 0.1) is 12.7 Å². The van der Waals surface area contributed by atoms with Crippen molar-refractivity contribution in [2.24, 2.45) is 0 Å². The van der Waals surface area contributed by atoms with Gasteiger partial charge in [0.2, 0.25) is 5.88 Å². The average molecular weight is 396 g/mol. The summed E-state index contributed by atoms with van der Waals surface area (Å²) in [6.45, 7) is 6.11. The van der Waals surface area contributed by atoms with Gasteiger partial charge in [-0.05, 0) is 32.9 Å². The number of carbonyl (C=O) groups excluding carboxylic acids is 1. The summed E-state index contributed by atoms with van der Waals surface area (Å²) in [6, 6.07) is 2.51. The van der Waals surface area contributed by atoms with Gasteiger partial charge in [0.1, 0.15) is 18.1 Å². The van der Waals surface area contributed by atoms with Crippen molar-refractivity contribution in [1.82, 2.24) is 29.8 Å². The largest absolute Gasteiger partial charge is 0.474 e. The third-order valence-electron chi connectivity index (χ3n) is 4.23. The minimum absolute atomic E-state index is 0.0972. The number of amides is 1. The zero-order chi connectivity index (χ0) is 20.8. The van der Waals surface area contributed by atoms with E-state index in [1.54, 1.807) is 17.2 Å². The van der Waals surface area contributed by atoms with Gasteiger partial charge in [-0.3, -0.25) is 9.78 Å². The van der Waals surface area contributed by atoms with Gasteiger partial charge in [0.25, 0.3) is 5.91 Å². The van der Waals surface area contributed by atoms with E-state index in [4.69, 9.17) is 4.74 Å². The maximum Gasteiger partial charge on any atom is 0.256 e. The summed E-state index contributed by atoms with van der Waals surface area (Å²) in [4.78, 5) is 35.3. The Balaban J connectivity index is 1.81. The highest BCUT2D eigenvalue weighted by molar-refractivity contribution is 5.99. The molecule has 9 heteroatoms. The SMILES string of the molecule is CCN(C(=O)c1cc(F)cnc1-c1ncccn1)[C@@H](C)COc1cnc(C)cn1. The van der Waals surface area contributed by atoms with E-state index in [9.17, 15) is 9.18 Å². The molecule has 3 aromatic heterocycles. The topological polar surface area (TPSA) is 94.0 Å². The summed E-state index contributed by atoms with van der Waals surface area (Å²) in [5.41, 5.74) is 1.11. The molecule has 3 rings (SSSR count). The lowest BCUT2D eigenvalue weighted by atomic mass is 10.1. The second-order valence-electron chi connectivity index (χ2n) is 6.37. The van der Waals surface area contributed by atoms with Crippen LogP contribution in [0.15, 0.2) is 43.1 Å². The first-order chi connectivity index (χ1) is 14.0. The number of nitrogens with zero attached hydrogens (tertiary/aromatic N) is 6. The summed E-state index contributed by atoms with van der Waals surface area (Å²) < 4.78 is 19.5. The fourth-order valence-corrected chi connectivity index (χ4v) is 2.76. The summed E-state index contributed by atoms with van der Waals surface area (Å²) >= 11 is 0. The number of hydrogen-bond acceptors (Lipinski definition) is 7. The molecule has 0 fully saturated rings. The molecule has 0 spiro atoms. The highest BCUT2D eigenvalue weighted by atomic mass is 19.1. The maximum atomic E-state index is 13.9. The molecule has 0 N–H and O–H groups in total. The Kier molecular flexibility index (Phi) is 6.38. The molecule has 0 aliphatic carbocycles. The van der Waals surface area contributed by atoms with Crippen LogP contribution in [-0.4, -0.2) is 54.9 Å². The average Bonchev–Trinajstić information content (AvgIpc) is 2.74. The standard InChI is InChI=1S/C20H21FN6O2/c1-4-27(14(3)12-29-17-11-24-13(2)9-25-17)20(28)16-8-15(21)10-26-18(16)19-22-6-5-7-23-19/h5-11,14H,4,12H2,1-3H3/t14-/m0/s1. The Morgan fingerprint density at radius 1 is 1.14 bits per heavy atom. The molecule has 0 aliphatic rings. The van der Waals surface area contributed by atoms with Gasteiger partial charge in [-0.25, -0.2) is 24.3 Å². The summed E-state index contributed by atoms with van der Waals surface area (Å²) in [7, 11) is 0. The van der Waals surface area contributed by atoms with Gasteiger partial charge >= 0.3 is 0 Å². The number of pyridine rings is 1. The third-order valence-corrected chi connectivity index (χ3v) is 4.23. The van der Waals surface area contributed by atoms with E-state index in [0.717, 1.165) is 18.0 Å². The van der Waals surface area contributed by atoms with Gasteiger partial charge in [0.05, 0.1) is 35.9 Å². The maximum absolute atomic E-state index is 13.9. The molecule has 0 bridgehead atoms. The van der Waals surface area contributed by atoms with Crippen molar-refractivity contribution in [3.63, 3.8) is 0 Å². The lowest BCUT2D eigenvalue weighted by Crippen LogP contribution is -2.42. The fraction of sp³-hybridized carbons (Fsp3) is 0.300. The molecular weight excluding hydrogens is 375 g/mol. The first kappa shape index (κ1) is 20.2. The summed E-state index contributed by atoms with van der Waals surface area (Å²) in [5, 5.41) is 0. The lowest BCUT2D eigenvalue weighted by molar-refractivity contribution is 0.0646. The highest BCUT2D eigenvalue weighted by Gasteiger charge is 2.25. The van der Waals surface area contributed by atoms with Crippen molar-refractivity contribution in [3.8, 4) is 17.4 Å². The van der Waals surface area contributed by atoms with E-state index in [0.29, 0.717) is 12.4 Å². The molecule has 0 saturated heterocycles. The summed E-state index contributed by atoms with van der Waals surface area (Å²) in [5.74, 6) is -0.363. The third kappa shape index (κ3) is 4.87. The monoisotopic (exact) mass is 396 g/mol. The van der Waals surface area contributed by atoms with E-state index < -0.39 is 5.82 Å². The second kappa shape index (κ2) is 9.13. The van der Waals surface area contributed by atoms with Crippen LogP contribution in [-0.2, 0) is 0 Å². The Morgan fingerprint density at radius 2 is 1.90 bits per heavy atom. The van der Waals surface area contributed by atoms with Crippen LogP contribution in [0.1, 0.15) is 29.9 Å². The van der Waals surface area contributed by atoms with Crippen molar-refractivity contribution in [1.29, 1.82) is 0 Å². The molecule has 0 aliphatic heterocycles. The van der Waals surface area contributed by atoms with E-state index in [1.807, 2.05) is 20.8 Å². The zero-order valence-corrected chi connectivity index (χ0v) is 16.4. The minimum atomic E-state index is -0.608. The molecule has 3 heterocycles. The zero-order valence-electron chi connectivity index (χ0n) is 16.4. The van der Waals surface area contributed by atoms with Gasteiger partial charge < -0.3 is 9.64 Å². The van der Waals surface area contributed by atoms with Gasteiger partial charge in [-0.2, -0.15) is 0 Å². The molecule has 1 amide bonds. The van der Waals surface area contributed by atoms with Crippen LogP contribution in [0.25, 0.3) is 11.5 Å². The van der Waals surface area contributed by atoms with Gasteiger partial charge in [0.15, 0.2) is 5.82 Å². The van der Waals surface area contributed by atoms with Crippen LogP contribution in [0.2, 0.25) is 0 Å². The molecule has 1 atom stereocenters. The molecule has 29 heavy (non-hydrogen) atoms. The Labute approximate surface area is 167 Å². The van der Waals surface area contributed by atoms with Crippen LogP contribution in [0.4, 0.5) is 4.39 Å². The quantitative estimate of drug-likeness (QED) is 0.606. The summed E-state index contributed by atoms with van der Waals surface area (Å²) in [6.07, 6.45) is 7.26. The van der Waals surface area contributed by atoms with E-state index >= 15 is 0 Å². The first-order valence-electron chi connectivity index (χ1n) is 9.15. The van der Waals surface area contributed by atoms with E-state index in [2.05, 4.69) is 24.9 Å². The predicted octanol–water partition coefficient (Wildman–Crippen LogP) is 2.71. The molecular formula is C20H21FN6O2. The molecule has 0 aromatic carbocycles. The number of aryl methyl sites for hydroxylation is 1. The number of aromatic nitrogens is 5. The van der Waals surface area contributed by atoms with Crippen LogP contribution in [0.3, 0.4) is 0 Å². The van der Waals surface area contributed by atoms with Crippen molar-refractivity contribution in [3.05, 3.63) is 60.2 Å². The minimum Gasteiger partial charge on any atom is -0.474 e. The molecule has 0 saturated carbocycles. The van der Waals surface area contributed by atoms with Crippen molar-refractivity contribution in [2.45, 2.75) is 26.8 Å². The van der Waals surface area contributed by atoms with E-state index in [1.165, 1.54) is 18.6 Å². The number of hydrogen-bond donors (Lipinski definition) is 0. The predicted molar refractivity (Wildman–Crippen MR) is 104 cm³/mol. The Morgan fingerprint density at radius 3 is 2.55 bits per heavy atom. The fourth-order valence-electron chi connectivity index (χ4n) is 2.76.